The number of esters is 2. The lowest BCUT2D eigenvalue weighted by Gasteiger charge is -2.07. The fourth-order valence-corrected chi connectivity index (χ4v) is 5.86. The van der Waals surface area contributed by atoms with Crippen molar-refractivity contribution in [3.63, 3.8) is 0 Å². The van der Waals surface area contributed by atoms with Gasteiger partial charge in [-0.25, -0.2) is 9.59 Å². The Hall–Kier alpha value is -3.12. The van der Waals surface area contributed by atoms with Gasteiger partial charge in [-0.1, -0.05) is 94.5 Å². The normalized spacial score (nSPS) is 12.4. The van der Waals surface area contributed by atoms with E-state index in [2.05, 4.69) is 28.4 Å². The van der Waals surface area contributed by atoms with Gasteiger partial charge in [0.15, 0.2) is 0 Å². The predicted octanol–water partition coefficient (Wildman–Crippen LogP) is 2.54. The first-order valence-electron chi connectivity index (χ1n) is 11.6. The molecule has 13 nitrogen and oxygen atoms in total. The molecule has 0 heterocycles. The summed E-state index contributed by atoms with van der Waals surface area (Å²) < 4.78 is 72.6. The van der Waals surface area contributed by atoms with Crippen molar-refractivity contribution in [1.29, 1.82) is 0 Å². The fourth-order valence-electron chi connectivity index (χ4n) is 2.71. The van der Waals surface area contributed by atoms with E-state index in [0.717, 1.165) is 37.7 Å². The molecule has 17 heteroatoms. The Balaban J connectivity index is 1.80. The molecule has 0 spiro atoms. The van der Waals surface area contributed by atoms with Gasteiger partial charge in [0.05, 0.1) is 27.4 Å². The second-order valence-corrected chi connectivity index (χ2v) is 12.9. The Kier molecular flexibility index (Phi) is 14.7. The molecule has 0 aromatic heterocycles. The van der Waals surface area contributed by atoms with Crippen molar-refractivity contribution in [1.82, 2.24) is 0 Å². The van der Waals surface area contributed by atoms with Gasteiger partial charge in [0.25, 0.3) is 0 Å². The molecule has 0 N–H and O–H groups in total. The van der Waals surface area contributed by atoms with Crippen LogP contribution < -0.4 is 0 Å². The van der Waals surface area contributed by atoms with E-state index in [9.17, 15) is 26.4 Å². The fraction of sp³-hybridized carbons (Fsp3) is 0.333. The smallest absolute Gasteiger partial charge is 0.366 e. The first-order valence-corrected chi connectivity index (χ1v) is 16.7. The van der Waals surface area contributed by atoms with Gasteiger partial charge in [-0.3, -0.25) is 8.57 Å². The number of carbonyl (C=O) groups excluding carboxylic acids is 2. The Bertz CT molecular complexity index is 1290. The number of thioether (sulfide) groups is 2. The largest absolute Gasteiger partial charge is 0.464 e. The van der Waals surface area contributed by atoms with E-state index in [0.29, 0.717) is 11.1 Å². The summed E-state index contributed by atoms with van der Waals surface area (Å²) in [4.78, 5) is 23.9. The summed E-state index contributed by atoms with van der Waals surface area (Å²) in [7, 11) is -5.98. The number of carbonyl (C=O) groups is 2. The van der Waals surface area contributed by atoms with E-state index in [1.54, 1.807) is 60.7 Å². The zero-order valence-corrected chi connectivity index (χ0v) is 25.3. The quantitative estimate of drug-likeness (QED) is 0.0962. The van der Waals surface area contributed by atoms with Gasteiger partial charge in [0.1, 0.15) is 11.5 Å². The Morgan fingerprint density at radius 2 is 1.02 bits per heavy atom. The maximum atomic E-state index is 12.2. The van der Waals surface area contributed by atoms with Crippen molar-refractivity contribution >= 4 is 65.8 Å². The molecule has 0 aliphatic rings. The zero-order chi connectivity index (χ0) is 30.1. The molecule has 2 rings (SSSR count). The summed E-state index contributed by atoms with van der Waals surface area (Å²) in [5, 5.41) is 6.24. The number of rotatable bonds is 14. The second-order valence-electron chi connectivity index (χ2n) is 7.61. The lowest BCUT2D eigenvalue weighted by Crippen LogP contribution is -2.17. The topological polar surface area (TPSA) is 173 Å². The lowest BCUT2D eigenvalue weighted by molar-refractivity contribution is -0.133. The monoisotopic (exact) mass is 648 g/mol. The highest BCUT2D eigenvalue weighted by Gasteiger charge is 2.20. The third-order valence-corrected chi connectivity index (χ3v) is 8.24. The van der Waals surface area contributed by atoms with Crippen LogP contribution in [0.25, 0.3) is 0 Å². The third kappa shape index (κ3) is 13.9. The summed E-state index contributed by atoms with van der Waals surface area (Å²) in [6.07, 6.45) is 0. The first-order chi connectivity index (χ1) is 19.5. The predicted molar refractivity (Wildman–Crippen MR) is 155 cm³/mol. The molecule has 2 aromatic carbocycles. The van der Waals surface area contributed by atoms with Gasteiger partial charge >= 0.3 is 32.2 Å². The molecule has 0 aliphatic carbocycles. The summed E-state index contributed by atoms with van der Waals surface area (Å²) in [6.45, 7) is 0.204. The van der Waals surface area contributed by atoms with Crippen LogP contribution in [0.15, 0.2) is 71.0 Å². The highest BCUT2D eigenvalue weighted by Crippen LogP contribution is 2.13. The van der Waals surface area contributed by atoms with Crippen LogP contribution in [0.2, 0.25) is 0 Å². The van der Waals surface area contributed by atoms with Gasteiger partial charge in [-0.2, -0.15) is 16.8 Å². The summed E-state index contributed by atoms with van der Waals surface area (Å²) >= 11 is 1.71. The molecular formula is C24H28N2O11S4. The average Bonchev–Trinajstić information content (AvgIpc) is 2.95. The van der Waals surface area contributed by atoms with Crippen molar-refractivity contribution in [2.45, 2.75) is 11.5 Å². The summed E-state index contributed by atoms with van der Waals surface area (Å²) in [5.74, 6) is -2.28. The van der Waals surface area contributed by atoms with Gasteiger partial charge in [0, 0.05) is 11.5 Å². The van der Waals surface area contributed by atoms with Crippen LogP contribution in [0.5, 0.6) is 0 Å². The number of hydrogen-bond acceptors (Lipinski definition) is 15. The molecule has 0 saturated carbocycles. The minimum Gasteiger partial charge on any atom is -0.464 e. The molecule has 0 unspecified atom stereocenters. The van der Waals surface area contributed by atoms with Gasteiger partial charge in [-0.15, -0.1) is 0 Å². The van der Waals surface area contributed by atoms with Crippen molar-refractivity contribution in [2.75, 3.05) is 38.9 Å². The molecule has 2 aromatic rings. The molecule has 0 atom stereocenters. The minimum atomic E-state index is -4.10. The minimum absolute atomic E-state index is 0.102. The lowest BCUT2D eigenvalue weighted by atomic mass is 10.2. The highest BCUT2D eigenvalue weighted by atomic mass is 32.2. The molecule has 0 radical (unpaired) electrons. The van der Waals surface area contributed by atoms with Crippen molar-refractivity contribution < 1.29 is 49.2 Å². The van der Waals surface area contributed by atoms with Crippen LogP contribution in [0, 0.1) is 0 Å². The first kappa shape index (κ1) is 34.1. The third-order valence-electron chi connectivity index (χ3n) is 4.49. The Morgan fingerprint density at radius 1 is 0.659 bits per heavy atom. The SMILES string of the molecule is COC(=O)C(=NOS(=O)(=O)Cc1ccccc1)SCCOCCSC(=NOS(=O)(=O)Cc1ccccc1)C(=O)OC. The van der Waals surface area contributed by atoms with Crippen LogP contribution in [0.1, 0.15) is 11.1 Å². The van der Waals surface area contributed by atoms with Crippen LogP contribution in [-0.2, 0) is 64.1 Å². The number of methoxy groups -OCH3 is 2. The average molecular weight is 649 g/mol. The summed E-state index contributed by atoms with van der Waals surface area (Å²) in [6, 6.07) is 16.6. The van der Waals surface area contributed by atoms with Gasteiger partial charge in [0.2, 0.25) is 10.1 Å². The number of oxime groups is 2. The molecule has 0 saturated heterocycles. The van der Waals surface area contributed by atoms with Crippen LogP contribution in [0.4, 0.5) is 0 Å². The number of nitrogens with zero attached hydrogens (tertiary/aromatic N) is 2. The number of hydrogen-bond donors (Lipinski definition) is 0. The molecule has 0 fully saturated rings. The molecule has 0 aliphatic heterocycles. The Labute approximate surface area is 246 Å². The van der Waals surface area contributed by atoms with E-state index in [1.165, 1.54) is 0 Å². The highest BCUT2D eigenvalue weighted by molar-refractivity contribution is 8.16. The Morgan fingerprint density at radius 3 is 1.37 bits per heavy atom. The molecule has 0 amide bonds. The van der Waals surface area contributed by atoms with E-state index in [-0.39, 0.29) is 34.8 Å². The van der Waals surface area contributed by atoms with E-state index < -0.39 is 43.7 Å². The van der Waals surface area contributed by atoms with Crippen molar-refractivity contribution in [2.24, 2.45) is 10.3 Å². The zero-order valence-electron chi connectivity index (χ0n) is 22.0. The number of ether oxygens (including phenoxy) is 3. The van der Waals surface area contributed by atoms with E-state index in [4.69, 9.17) is 4.74 Å². The van der Waals surface area contributed by atoms with Gasteiger partial charge < -0.3 is 14.2 Å². The number of benzene rings is 2. The van der Waals surface area contributed by atoms with E-state index in [1.807, 2.05) is 0 Å². The van der Waals surface area contributed by atoms with Crippen LogP contribution in [-0.4, -0.2) is 77.8 Å². The molecule has 224 valence electrons. The molecule has 41 heavy (non-hydrogen) atoms. The second kappa shape index (κ2) is 17.6. The van der Waals surface area contributed by atoms with Crippen LogP contribution in [0.3, 0.4) is 0 Å². The summed E-state index contributed by atoms with van der Waals surface area (Å²) in [5.41, 5.74) is 0.976. The van der Waals surface area contributed by atoms with E-state index >= 15 is 0 Å². The van der Waals surface area contributed by atoms with Gasteiger partial charge in [-0.05, 0) is 11.1 Å². The van der Waals surface area contributed by atoms with Crippen molar-refractivity contribution in [3.8, 4) is 0 Å². The maximum absolute atomic E-state index is 12.2. The van der Waals surface area contributed by atoms with Crippen LogP contribution >= 0.6 is 23.5 Å². The maximum Gasteiger partial charge on any atom is 0.366 e. The standard InChI is InChI=1S/C24H28N2O11S4/c1-33-23(27)21(25-36-40(29,30)17-19-9-5-3-6-10-19)38-15-13-35-14-16-39-22(24(28)34-2)26-37-41(31,32)18-20-11-7-4-8-12-20/h3-12H,13-18H2,1-2H3. The molecular weight excluding hydrogens is 621 g/mol. The van der Waals surface area contributed by atoms with Crippen molar-refractivity contribution in [3.05, 3.63) is 71.8 Å². The molecule has 0 bridgehead atoms.